The fraction of sp³-hybridized carbons (Fsp3) is 0.786. The van der Waals surface area contributed by atoms with E-state index in [9.17, 15) is 15.3 Å². The van der Waals surface area contributed by atoms with E-state index in [0.717, 1.165) is 36.3 Å². The van der Waals surface area contributed by atoms with Crippen molar-refractivity contribution in [2.24, 2.45) is 23.2 Å². The van der Waals surface area contributed by atoms with Gasteiger partial charge in [0.2, 0.25) is 0 Å². The highest BCUT2D eigenvalue weighted by molar-refractivity contribution is 5.39. The van der Waals surface area contributed by atoms with Gasteiger partial charge in [-0.1, -0.05) is 44.9 Å². The topological polar surface area (TPSA) is 69.9 Å². The number of allylic oxidation sites excluding steroid dienone is 3. The molecule has 3 rings (SSSR count). The van der Waals surface area contributed by atoms with Crippen molar-refractivity contribution in [1.82, 2.24) is 0 Å². The van der Waals surface area contributed by atoms with Gasteiger partial charge in [0.15, 0.2) is 0 Å². The summed E-state index contributed by atoms with van der Waals surface area (Å²) < 4.78 is 5.58. The van der Waals surface area contributed by atoms with Crippen LogP contribution in [-0.2, 0) is 4.74 Å². The Hall–Kier alpha value is -0.940. The molecule has 1 fully saturated rings. The van der Waals surface area contributed by atoms with Crippen LogP contribution in [0.3, 0.4) is 0 Å². The van der Waals surface area contributed by atoms with Gasteiger partial charge in [0.25, 0.3) is 0 Å². The van der Waals surface area contributed by atoms with E-state index < -0.39 is 17.8 Å². The molecule has 32 heavy (non-hydrogen) atoms. The SMILES string of the molecule is CO[C@H]1C(/C=C\C2=CCC[C@@]3(C)[C@@H]2CC[C@@H]3[C@H](C)CCCC(C)(C)O)=C(C)[C@@H](O)C[C@@H]1O. The number of aliphatic hydroxyl groups is 3. The monoisotopic (exact) mass is 446 g/mol. The molecule has 0 aromatic carbocycles. The van der Waals surface area contributed by atoms with Gasteiger partial charge >= 0.3 is 0 Å². The van der Waals surface area contributed by atoms with E-state index in [1.54, 1.807) is 7.11 Å². The van der Waals surface area contributed by atoms with Crippen LogP contribution in [0.5, 0.6) is 0 Å². The van der Waals surface area contributed by atoms with E-state index in [1.807, 2.05) is 20.8 Å². The Kier molecular flexibility index (Phi) is 8.13. The number of hydrogen-bond donors (Lipinski definition) is 3. The van der Waals surface area contributed by atoms with Crippen LogP contribution in [0, 0.1) is 23.2 Å². The molecule has 0 unspecified atom stereocenters. The minimum Gasteiger partial charge on any atom is -0.390 e. The molecule has 0 bridgehead atoms. The predicted octanol–water partition coefficient (Wildman–Crippen LogP) is 5.33. The smallest absolute Gasteiger partial charge is 0.108 e. The first kappa shape index (κ1) is 25.7. The molecule has 0 aromatic heterocycles. The summed E-state index contributed by atoms with van der Waals surface area (Å²) in [5, 5.41) is 30.8. The van der Waals surface area contributed by atoms with Gasteiger partial charge in [0.05, 0.1) is 17.8 Å². The highest BCUT2D eigenvalue weighted by Gasteiger charge is 2.49. The van der Waals surface area contributed by atoms with Gasteiger partial charge in [-0.05, 0) is 92.8 Å². The number of methoxy groups -OCH3 is 1. The molecule has 1 saturated carbocycles. The minimum atomic E-state index is -0.676. The zero-order valence-corrected chi connectivity index (χ0v) is 21.1. The number of hydrogen-bond acceptors (Lipinski definition) is 4. The minimum absolute atomic E-state index is 0.318. The number of ether oxygens (including phenoxy) is 1. The summed E-state index contributed by atoms with van der Waals surface area (Å²) in [4.78, 5) is 0. The first-order valence-corrected chi connectivity index (χ1v) is 12.7. The maximum atomic E-state index is 10.4. The number of rotatable bonds is 8. The van der Waals surface area contributed by atoms with Crippen LogP contribution in [0.25, 0.3) is 0 Å². The lowest BCUT2D eigenvalue weighted by Crippen LogP contribution is -2.39. The molecule has 0 amide bonds. The molecular weight excluding hydrogens is 400 g/mol. The summed E-state index contributed by atoms with van der Waals surface area (Å²) in [6, 6.07) is 0. The van der Waals surface area contributed by atoms with Gasteiger partial charge < -0.3 is 20.1 Å². The van der Waals surface area contributed by atoms with Crippen LogP contribution in [0.2, 0.25) is 0 Å². The van der Waals surface area contributed by atoms with Gasteiger partial charge in [-0.2, -0.15) is 0 Å². The van der Waals surface area contributed by atoms with Gasteiger partial charge in [0, 0.05) is 13.5 Å². The zero-order chi connectivity index (χ0) is 23.7. The molecule has 0 saturated heterocycles. The second-order valence-corrected chi connectivity index (χ2v) is 11.6. The van der Waals surface area contributed by atoms with Gasteiger partial charge in [-0.25, -0.2) is 0 Å². The number of aliphatic hydroxyl groups excluding tert-OH is 2. The van der Waals surface area contributed by atoms with Crippen molar-refractivity contribution in [3.05, 3.63) is 34.9 Å². The molecule has 4 heteroatoms. The second-order valence-electron chi connectivity index (χ2n) is 11.6. The van der Waals surface area contributed by atoms with E-state index in [4.69, 9.17) is 4.74 Å². The van der Waals surface area contributed by atoms with E-state index in [-0.39, 0.29) is 6.10 Å². The average Bonchev–Trinajstić information content (AvgIpc) is 3.06. The van der Waals surface area contributed by atoms with Crippen LogP contribution in [0.15, 0.2) is 34.9 Å². The van der Waals surface area contributed by atoms with Crippen molar-refractivity contribution in [2.75, 3.05) is 7.11 Å². The van der Waals surface area contributed by atoms with E-state index in [2.05, 4.69) is 32.1 Å². The van der Waals surface area contributed by atoms with Crippen molar-refractivity contribution < 1.29 is 20.1 Å². The molecule has 182 valence electrons. The Morgan fingerprint density at radius 2 is 1.97 bits per heavy atom. The molecule has 0 aliphatic heterocycles. The van der Waals surface area contributed by atoms with Crippen molar-refractivity contribution in [2.45, 2.75) is 110 Å². The summed E-state index contributed by atoms with van der Waals surface area (Å²) in [5.74, 6) is 1.95. The fourth-order valence-electron chi connectivity index (χ4n) is 6.89. The third-order valence-corrected chi connectivity index (χ3v) is 8.80. The fourth-order valence-corrected chi connectivity index (χ4v) is 6.89. The van der Waals surface area contributed by atoms with Crippen LogP contribution in [0.4, 0.5) is 0 Å². The van der Waals surface area contributed by atoms with Crippen molar-refractivity contribution in [3.8, 4) is 0 Å². The lowest BCUT2D eigenvalue weighted by atomic mass is 9.62. The van der Waals surface area contributed by atoms with Crippen LogP contribution in [-0.4, -0.2) is 46.3 Å². The average molecular weight is 447 g/mol. The molecule has 4 nitrogen and oxygen atoms in total. The number of fused-ring (bicyclic) bond motifs is 1. The Morgan fingerprint density at radius 3 is 2.62 bits per heavy atom. The van der Waals surface area contributed by atoms with E-state index >= 15 is 0 Å². The van der Waals surface area contributed by atoms with Crippen LogP contribution >= 0.6 is 0 Å². The van der Waals surface area contributed by atoms with E-state index in [0.29, 0.717) is 23.7 Å². The largest absolute Gasteiger partial charge is 0.390 e. The van der Waals surface area contributed by atoms with Crippen molar-refractivity contribution in [3.63, 3.8) is 0 Å². The summed E-state index contributed by atoms with van der Waals surface area (Å²) in [6.45, 7) is 10.7. The van der Waals surface area contributed by atoms with Gasteiger partial charge in [-0.15, -0.1) is 0 Å². The van der Waals surface area contributed by atoms with Gasteiger partial charge in [-0.3, -0.25) is 0 Å². The summed E-state index contributed by atoms with van der Waals surface area (Å²) >= 11 is 0. The summed E-state index contributed by atoms with van der Waals surface area (Å²) in [7, 11) is 1.63. The summed E-state index contributed by atoms with van der Waals surface area (Å²) in [6.07, 6.45) is 13.4. The predicted molar refractivity (Wildman–Crippen MR) is 130 cm³/mol. The molecule has 0 heterocycles. The molecule has 0 aromatic rings. The van der Waals surface area contributed by atoms with Crippen LogP contribution < -0.4 is 0 Å². The quantitative estimate of drug-likeness (QED) is 0.471. The molecule has 0 spiro atoms. The molecule has 3 aliphatic carbocycles. The highest BCUT2D eigenvalue weighted by atomic mass is 16.5. The molecule has 7 atom stereocenters. The van der Waals surface area contributed by atoms with E-state index in [1.165, 1.54) is 31.3 Å². The van der Waals surface area contributed by atoms with Crippen molar-refractivity contribution >= 4 is 0 Å². The molecular formula is C28H46O4. The Balaban J connectivity index is 1.73. The first-order valence-electron chi connectivity index (χ1n) is 12.7. The summed E-state index contributed by atoms with van der Waals surface area (Å²) in [5.41, 5.74) is 2.98. The zero-order valence-electron chi connectivity index (χ0n) is 21.1. The Morgan fingerprint density at radius 1 is 1.25 bits per heavy atom. The second kappa shape index (κ2) is 10.1. The Bertz CT molecular complexity index is 743. The maximum Gasteiger partial charge on any atom is 0.108 e. The highest BCUT2D eigenvalue weighted by Crippen LogP contribution is 2.58. The van der Waals surface area contributed by atoms with Gasteiger partial charge in [0.1, 0.15) is 6.10 Å². The lowest BCUT2D eigenvalue weighted by Gasteiger charge is -2.43. The normalized spacial score (nSPS) is 37.0. The lowest BCUT2D eigenvalue weighted by molar-refractivity contribution is -0.0212. The third kappa shape index (κ3) is 5.41. The molecule has 3 N–H and O–H groups in total. The first-order chi connectivity index (χ1) is 15.0. The van der Waals surface area contributed by atoms with Crippen LogP contribution in [0.1, 0.15) is 86.0 Å². The molecule has 3 aliphatic rings. The standard InChI is InChI=1S/C28H46O4/c1-18(9-7-15-27(3,4)31)22-13-14-23-20(10-8-16-28(22,23)5)11-12-21-19(2)24(29)17-25(30)26(21)32-6/h10-12,18,22-26,29-31H,7-9,13-17H2,1-6H3/b12-11-/t18-,22-,23-,24+,25+,26+,28-/m1/s1. The Labute approximate surface area is 195 Å². The maximum absolute atomic E-state index is 10.4. The molecule has 0 radical (unpaired) electrons. The third-order valence-electron chi connectivity index (χ3n) is 8.80. The van der Waals surface area contributed by atoms with Crippen molar-refractivity contribution in [1.29, 1.82) is 0 Å².